The SMILES string of the molecule is COC(=O)C(CO)N(Cc1ccccc1N)S(=O)(=O)c1ccc(Oc2ccc(Cl)cc2)cc1. The Morgan fingerprint density at radius 3 is 2.15 bits per heavy atom. The number of methoxy groups -OCH3 is 1. The molecule has 10 heteroatoms. The standard InChI is InChI=1S/C23H23ClN2O6S/c1-31-23(28)22(15-27)26(14-16-4-2-3-5-21(16)25)33(29,30)20-12-10-19(11-13-20)32-18-8-6-17(24)7-9-18/h2-13,22,27H,14-15,25H2,1H3. The second-order valence-corrected chi connectivity index (χ2v) is 9.32. The number of para-hydroxylation sites is 1. The van der Waals surface area contributed by atoms with Gasteiger partial charge in [0, 0.05) is 17.3 Å². The van der Waals surface area contributed by atoms with Gasteiger partial charge in [0.25, 0.3) is 0 Å². The molecule has 0 amide bonds. The zero-order valence-corrected chi connectivity index (χ0v) is 19.3. The Labute approximate surface area is 197 Å². The first-order valence-electron chi connectivity index (χ1n) is 9.83. The summed E-state index contributed by atoms with van der Waals surface area (Å²) in [7, 11) is -3.11. The lowest BCUT2D eigenvalue weighted by Gasteiger charge is -2.28. The van der Waals surface area contributed by atoms with Crippen molar-refractivity contribution >= 4 is 33.3 Å². The van der Waals surface area contributed by atoms with Crippen molar-refractivity contribution in [2.45, 2.75) is 17.5 Å². The molecule has 0 aliphatic carbocycles. The monoisotopic (exact) mass is 490 g/mol. The van der Waals surface area contributed by atoms with Crippen LogP contribution < -0.4 is 10.5 Å². The lowest BCUT2D eigenvalue weighted by atomic mass is 10.1. The number of ether oxygens (including phenoxy) is 2. The molecule has 33 heavy (non-hydrogen) atoms. The molecule has 0 aliphatic rings. The molecule has 3 rings (SSSR count). The van der Waals surface area contributed by atoms with Gasteiger partial charge in [-0.05, 0) is 60.2 Å². The molecule has 0 radical (unpaired) electrons. The average molecular weight is 491 g/mol. The van der Waals surface area contributed by atoms with Crippen molar-refractivity contribution in [3.8, 4) is 11.5 Å². The summed E-state index contributed by atoms with van der Waals surface area (Å²) < 4.78 is 38.3. The molecule has 3 aromatic rings. The van der Waals surface area contributed by atoms with E-state index in [1.54, 1.807) is 48.5 Å². The van der Waals surface area contributed by atoms with E-state index in [0.717, 1.165) is 11.4 Å². The van der Waals surface area contributed by atoms with Gasteiger partial charge in [-0.15, -0.1) is 0 Å². The number of hydrogen-bond acceptors (Lipinski definition) is 7. The Kier molecular flexibility index (Phi) is 7.93. The molecule has 0 saturated heterocycles. The number of rotatable bonds is 9. The molecule has 1 atom stereocenters. The number of nitrogens with two attached hydrogens (primary N) is 1. The van der Waals surface area contributed by atoms with Gasteiger partial charge >= 0.3 is 5.97 Å². The molecule has 3 N–H and O–H groups in total. The third kappa shape index (κ3) is 5.82. The minimum Gasteiger partial charge on any atom is -0.468 e. The Morgan fingerprint density at radius 2 is 1.61 bits per heavy atom. The van der Waals surface area contributed by atoms with Crippen LogP contribution in [-0.4, -0.2) is 43.6 Å². The topological polar surface area (TPSA) is 119 Å². The zero-order chi connectivity index (χ0) is 24.0. The highest BCUT2D eigenvalue weighted by atomic mass is 35.5. The number of nitrogen functional groups attached to an aromatic ring is 1. The van der Waals surface area contributed by atoms with Crippen LogP contribution in [0.15, 0.2) is 77.7 Å². The van der Waals surface area contributed by atoms with Crippen molar-refractivity contribution in [2.75, 3.05) is 19.5 Å². The normalized spacial score (nSPS) is 12.4. The van der Waals surface area contributed by atoms with E-state index in [2.05, 4.69) is 0 Å². The summed E-state index contributed by atoms with van der Waals surface area (Å²) in [4.78, 5) is 12.2. The smallest absolute Gasteiger partial charge is 0.326 e. The van der Waals surface area contributed by atoms with Crippen molar-refractivity contribution in [2.24, 2.45) is 0 Å². The van der Waals surface area contributed by atoms with Crippen molar-refractivity contribution in [1.82, 2.24) is 4.31 Å². The van der Waals surface area contributed by atoms with E-state index in [4.69, 9.17) is 26.8 Å². The molecule has 0 heterocycles. The highest BCUT2D eigenvalue weighted by Crippen LogP contribution is 2.28. The summed E-state index contributed by atoms with van der Waals surface area (Å²) in [5.41, 5.74) is 6.81. The van der Waals surface area contributed by atoms with Gasteiger partial charge in [0.1, 0.15) is 17.5 Å². The van der Waals surface area contributed by atoms with Crippen LogP contribution in [0.1, 0.15) is 5.56 Å². The number of esters is 1. The van der Waals surface area contributed by atoms with Gasteiger partial charge in [-0.25, -0.2) is 8.42 Å². The lowest BCUT2D eigenvalue weighted by Crippen LogP contribution is -2.47. The average Bonchev–Trinajstić information content (AvgIpc) is 2.81. The summed E-state index contributed by atoms with van der Waals surface area (Å²) in [6, 6.07) is 17.6. The molecule has 1 unspecified atom stereocenters. The van der Waals surface area contributed by atoms with E-state index in [9.17, 15) is 18.3 Å². The molecule has 0 bridgehead atoms. The fraction of sp³-hybridized carbons (Fsp3) is 0.174. The number of halogens is 1. The van der Waals surface area contributed by atoms with Crippen LogP contribution in [0.25, 0.3) is 0 Å². The lowest BCUT2D eigenvalue weighted by molar-refractivity contribution is -0.146. The summed E-state index contributed by atoms with van der Waals surface area (Å²) in [6.45, 7) is -1.01. The molecule has 0 aliphatic heterocycles. The van der Waals surface area contributed by atoms with Crippen molar-refractivity contribution < 1.29 is 27.8 Å². The molecular formula is C23H23ClN2O6S. The highest BCUT2D eigenvalue weighted by Gasteiger charge is 2.36. The third-order valence-corrected chi connectivity index (χ3v) is 6.98. The summed E-state index contributed by atoms with van der Waals surface area (Å²) in [6.07, 6.45) is 0. The zero-order valence-electron chi connectivity index (χ0n) is 17.7. The number of hydrogen-bond donors (Lipinski definition) is 2. The Bertz CT molecular complexity index is 1200. The predicted molar refractivity (Wildman–Crippen MR) is 124 cm³/mol. The van der Waals surface area contributed by atoms with Gasteiger partial charge in [0.05, 0.1) is 18.6 Å². The molecule has 0 fully saturated rings. The first-order valence-corrected chi connectivity index (χ1v) is 11.7. The number of carbonyl (C=O) groups excluding carboxylic acids is 1. The molecular weight excluding hydrogens is 468 g/mol. The molecule has 3 aromatic carbocycles. The van der Waals surface area contributed by atoms with Crippen LogP contribution in [0, 0.1) is 0 Å². The fourth-order valence-corrected chi connectivity index (χ4v) is 4.76. The third-order valence-electron chi connectivity index (χ3n) is 4.85. The van der Waals surface area contributed by atoms with Gasteiger partial charge in [0.2, 0.25) is 10.0 Å². The number of aliphatic hydroxyl groups is 1. The van der Waals surface area contributed by atoms with Crippen molar-refractivity contribution in [1.29, 1.82) is 0 Å². The second kappa shape index (κ2) is 10.7. The summed E-state index contributed by atoms with van der Waals surface area (Å²) in [5, 5.41) is 10.4. The summed E-state index contributed by atoms with van der Waals surface area (Å²) in [5.74, 6) is 0.0438. The largest absolute Gasteiger partial charge is 0.468 e. The maximum atomic E-state index is 13.5. The van der Waals surface area contributed by atoms with Gasteiger partial charge in [-0.3, -0.25) is 4.79 Å². The first kappa shape index (κ1) is 24.5. The molecule has 8 nitrogen and oxygen atoms in total. The molecule has 0 aromatic heterocycles. The Morgan fingerprint density at radius 1 is 1.03 bits per heavy atom. The number of sulfonamides is 1. The van der Waals surface area contributed by atoms with Crippen LogP contribution in [0.5, 0.6) is 11.5 Å². The van der Waals surface area contributed by atoms with Crippen LogP contribution in [0.4, 0.5) is 5.69 Å². The predicted octanol–water partition coefficient (Wildman–Crippen LogP) is 3.44. The maximum Gasteiger partial charge on any atom is 0.326 e. The van der Waals surface area contributed by atoms with E-state index in [1.807, 2.05) is 0 Å². The van der Waals surface area contributed by atoms with Crippen LogP contribution in [0.3, 0.4) is 0 Å². The van der Waals surface area contributed by atoms with Crippen molar-refractivity contribution in [3.63, 3.8) is 0 Å². The molecule has 0 spiro atoms. The highest BCUT2D eigenvalue weighted by molar-refractivity contribution is 7.89. The van der Waals surface area contributed by atoms with Gasteiger partial charge in [-0.1, -0.05) is 29.8 Å². The van der Waals surface area contributed by atoms with Crippen molar-refractivity contribution in [3.05, 3.63) is 83.4 Å². The van der Waals surface area contributed by atoms with E-state index in [0.29, 0.717) is 27.8 Å². The Hall–Kier alpha value is -3.11. The van der Waals surface area contributed by atoms with Gasteiger partial charge in [-0.2, -0.15) is 4.31 Å². The molecule has 174 valence electrons. The van der Waals surface area contributed by atoms with Gasteiger partial charge < -0.3 is 20.3 Å². The quantitative estimate of drug-likeness (QED) is 0.348. The molecule has 0 saturated carbocycles. The van der Waals surface area contributed by atoms with E-state index in [1.165, 1.54) is 24.3 Å². The number of anilines is 1. The fourth-order valence-electron chi connectivity index (χ4n) is 3.08. The maximum absolute atomic E-state index is 13.5. The Balaban J connectivity index is 1.93. The minimum absolute atomic E-state index is 0.0946. The number of nitrogens with zero attached hydrogens (tertiary/aromatic N) is 1. The van der Waals surface area contributed by atoms with E-state index in [-0.39, 0.29) is 11.4 Å². The van der Waals surface area contributed by atoms with E-state index >= 15 is 0 Å². The summed E-state index contributed by atoms with van der Waals surface area (Å²) >= 11 is 5.87. The van der Waals surface area contributed by atoms with Gasteiger partial charge in [0.15, 0.2) is 0 Å². The van der Waals surface area contributed by atoms with Crippen LogP contribution in [0.2, 0.25) is 5.02 Å². The van der Waals surface area contributed by atoms with E-state index < -0.39 is 28.6 Å². The number of carbonyl (C=O) groups is 1. The number of aliphatic hydroxyl groups excluding tert-OH is 1. The number of benzene rings is 3. The minimum atomic E-state index is -4.23. The second-order valence-electron chi connectivity index (χ2n) is 7.00. The first-order chi connectivity index (χ1) is 15.8. The van der Waals surface area contributed by atoms with Crippen LogP contribution >= 0.6 is 11.6 Å². The van der Waals surface area contributed by atoms with Crippen LogP contribution in [-0.2, 0) is 26.1 Å².